The molecule has 0 spiro atoms. The number of anilines is 1. The molecule has 0 saturated carbocycles. The van der Waals surface area contributed by atoms with Gasteiger partial charge in [0.05, 0.1) is 11.3 Å². The summed E-state index contributed by atoms with van der Waals surface area (Å²) in [4.78, 5) is 20.7. The van der Waals surface area contributed by atoms with Crippen LogP contribution in [0.5, 0.6) is 0 Å². The molecule has 0 bridgehead atoms. The number of hydrogen-bond acceptors (Lipinski definition) is 4. The van der Waals surface area contributed by atoms with Crippen LogP contribution in [-0.2, 0) is 5.75 Å². The number of carbonyl (C=O) groups is 1. The van der Waals surface area contributed by atoms with Crippen molar-refractivity contribution in [1.29, 1.82) is 0 Å². The summed E-state index contributed by atoms with van der Waals surface area (Å²) in [6, 6.07) is 11.2. The van der Waals surface area contributed by atoms with Crippen LogP contribution in [0, 0.1) is 5.82 Å². The van der Waals surface area contributed by atoms with E-state index in [9.17, 15) is 9.18 Å². The van der Waals surface area contributed by atoms with Gasteiger partial charge in [0.25, 0.3) is 5.91 Å². The second-order valence-corrected chi connectivity index (χ2v) is 6.48. The van der Waals surface area contributed by atoms with Gasteiger partial charge in [0.2, 0.25) is 0 Å². The average Bonchev–Trinajstić information content (AvgIpc) is 2.63. The van der Waals surface area contributed by atoms with Crippen LogP contribution in [0.25, 0.3) is 0 Å². The highest BCUT2D eigenvalue weighted by molar-refractivity contribution is 7.98. The number of amides is 1. The van der Waals surface area contributed by atoms with E-state index in [1.165, 1.54) is 23.9 Å². The molecule has 126 valence electrons. The molecule has 0 atom stereocenters. The molecule has 0 fully saturated rings. The highest BCUT2D eigenvalue weighted by Gasteiger charge is 2.15. The van der Waals surface area contributed by atoms with Crippen LogP contribution in [-0.4, -0.2) is 15.9 Å². The lowest BCUT2D eigenvalue weighted by atomic mass is 10.2. The Morgan fingerprint density at radius 2 is 1.96 bits per heavy atom. The number of aromatic nitrogens is 2. The van der Waals surface area contributed by atoms with E-state index in [0.717, 1.165) is 11.6 Å². The van der Waals surface area contributed by atoms with Crippen molar-refractivity contribution >= 4 is 35.0 Å². The lowest BCUT2D eigenvalue weighted by Crippen LogP contribution is -2.14. The van der Waals surface area contributed by atoms with Gasteiger partial charge in [0.15, 0.2) is 0 Å². The third-order valence-electron chi connectivity index (χ3n) is 3.32. The van der Waals surface area contributed by atoms with Crippen LogP contribution in [0.2, 0.25) is 5.02 Å². The van der Waals surface area contributed by atoms with Crippen molar-refractivity contribution in [2.45, 2.75) is 10.8 Å². The molecule has 1 aromatic carbocycles. The second-order valence-electron chi connectivity index (χ2n) is 5.08. The van der Waals surface area contributed by atoms with Gasteiger partial charge in [-0.3, -0.25) is 9.78 Å². The van der Waals surface area contributed by atoms with Gasteiger partial charge in [0.1, 0.15) is 10.8 Å². The molecule has 1 N–H and O–H groups in total. The first-order chi connectivity index (χ1) is 12.1. The van der Waals surface area contributed by atoms with E-state index in [1.54, 1.807) is 30.7 Å². The first-order valence-electron chi connectivity index (χ1n) is 7.36. The van der Waals surface area contributed by atoms with Gasteiger partial charge >= 0.3 is 0 Å². The molecule has 3 aromatic rings. The summed E-state index contributed by atoms with van der Waals surface area (Å²) in [6.07, 6.45) is 5.05. The topological polar surface area (TPSA) is 54.9 Å². The van der Waals surface area contributed by atoms with Crippen LogP contribution in [0.3, 0.4) is 0 Å². The molecule has 0 aliphatic carbocycles. The van der Waals surface area contributed by atoms with Gasteiger partial charge in [-0.25, -0.2) is 9.37 Å². The van der Waals surface area contributed by atoms with Crippen LogP contribution >= 0.6 is 23.4 Å². The largest absolute Gasteiger partial charge is 0.319 e. The minimum Gasteiger partial charge on any atom is -0.319 e. The minimum atomic E-state index is -0.587. The minimum absolute atomic E-state index is 0.0725. The number of thioether (sulfide) groups is 1. The van der Waals surface area contributed by atoms with E-state index in [1.807, 2.05) is 12.1 Å². The number of halogens is 2. The zero-order valence-electron chi connectivity index (χ0n) is 12.9. The number of hydrogen-bond donors (Lipinski definition) is 1. The highest BCUT2D eigenvalue weighted by atomic mass is 35.5. The molecular formula is C18H13ClFN3OS. The monoisotopic (exact) mass is 373 g/mol. The maximum Gasteiger partial charge on any atom is 0.258 e. The lowest BCUT2D eigenvalue weighted by Gasteiger charge is -2.10. The smallest absolute Gasteiger partial charge is 0.258 e. The Morgan fingerprint density at radius 3 is 2.72 bits per heavy atom. The van der Waals surface area contributed by atoms with Crippen molar-refractivity contribution in [1.82, 2.24) is 9.97 Å². The standard InChI is InChI=1S/C18H13ClFN3OS/c19-13-3-4-16(15(20)10-13)23-17(24)14-2-1-7-22-18(14)25-11-12-5-8-21-9-6-12/h1-10H,11H2,(H,23,24). The molecule has 2 heterocycles. The Balaban J connectivity index is 1.76. The molecule has 25 heavy (non-hydrogen) atoms. The normalized spacial score (nSPS) is 10.5. The fraction of sp³-hybridized carbons (Fsp3) is 0.0556. The highest BCUT2D eigenvalue weighted by Crippen LogP contribution is 2.25. The van der Waals surface area contributed by atoms with E-state index in [-0.39, 0.29) is 10.7 Å². The zero-order valence-corrected chi connectivity index (χ0v) is 14.5. The molecule has 1 amide bonds. The van der Waals surface area contributed by atoms with Crippen molar-refractivity contribution in [3.05, 3.63) is 83.0 Å². The first kappa shape index (κ1) is 17.4. The van der Waals surface area contributed by atoms with E-state index in [4.69, 9.17) is 11.6 Å². The lowest BCUT2D eigenvalue weighted by molar-refractivity contribution is 0.102. The summed E-state index contributed by atoms with van der Waals surface area (Å²) in [7, 11) is 0. The molecular weight excluding hydrogens is 361 g/mol. The van der Waals surface area contributed by atoms with E-state index >= 15 is 0 Å². The molecule has 4 nitrogen and oxygen atoms in total. The Hall–Kier alpha value is -2.44. The van der Waals surface area contributed by atoms with Crippen LogP contribution < -0.4 is 5.32 Å². The van der Waals surface area contributed by atoms with Gasteiger partial charge in [0, 0.05) is 29.4 Å². The fourth-order valence-corrected chi connectivity index (χ4v) is 3.20. The number of rotatable bonds is 5. The van der Waals surface area contributed by atoms with Gasteiger partial charge in [-0.05, 0) is 48.0 Å². The molecule has 0 aliphatic heterocycles. The van der Waals surface area contributed by atoms with Crippen LogP contribution in [0.15, 0.2) is 66.1 Å². The van der Waals surface area contributed by atoms with E-state index < -0.39 is 11.7 Å². The first-order valence-corrected chi connectivity index (χ1v) is 8.73. The third kappa shape index (κ3) is 4.55. The van der Waals surface area contributed by atoms with Gasteiger partial charge in [-0.2, -0.15) is 0 Å². The summed E-state index contributed by atoms with van der Waals surface area (Å²) in [5, 5.41) is 3.40. The predicted molar refractivity (Wildman–Crippen MR) is 97.4 cm³/mol. The molecule has 2 aromatic heterocycles. The fourth-order valence-electron chi connectivity index (χ4n) is 2.09. The number of carbonyl (C=O) groups excluding carboxylic acids is 1. The Labute approximate surface area is 153 Å². The van der Waals surface area contributed by atoms with E-state index in [2.05, 4.69) is 15.3 Å². The van der Waals surface area contributed by atoms with Crippen molar-refractivity contribution in [3.63, 3.8) is 0 Å². The van der Waals surface area contributed by atoms with Gasteiger partial charge < -0.3 is 5.32 Å². The summed E-state index contributed by atoms with van der Waals surface area (Å²) >= 11 is 7.16. The summed E-state index contributed by atoms with van der Waals surface area (Å²) in [6.45, 7) is 0. The van der Waals surface area contributed by atoms with Gasteiger partial charge in [-0.15, -0.1) is 11.8 Å². The molecule has 0 radical (unpaired) electrons. The maximum atomic E-state index is 13.9. The quantitative estimate of drug-likeness (QED) is 0.652. The summed E-state index contributed by atoms with van der Waals surface area (Å²) in [5.41, 5.74) is 1.53. The third-order valence-corrected chi connectivity index (χ3v) is 4.63. The Bertz CT molecular complexity index is 892. The van der Waals surface area contributed by atoms with Crippen molar-refractivity contribution in [3.8, 4) is 0 Å². The van der Waals surface area contributed by atoms with Crippen LogP contribution in [0.1, 0.15) is 15.9 Å². The van der Waals surface area contributed by atoms with E-state index in [0.29, 0.717) is 16.3 Å². The molecule has 0 aliphatic rings. The van der Waals surface area contributed by atoms with Gasteiger partial charge in [-0.1, -0.05) is 11.6 Å². The Morgan fingerprint density at radius 1 is 1.16 bits per heavy atom. The number of nitrogens with zero attached hydrogens (tertiary/aromatic N) is 2. The number of benzene rings is 1. The van der Waals surface area contributed by atoms with Crippen molar-refractivity contribution in [2.24, 2.45) is 0 Å². The number of nitrogens with one attached hydrogen (secondary N) is 1. The Kier molecular flexibility index (Phi) is 5.63. The summed E-state index contributed by atoms with van der Waals surface area (Å²) < 4.78 is 13.9. The zero-order chi connectivity index (χ0) is 17.6. The summed E-state index contributed by atoms with van der Waals surface area (Å²) in [5.74, 6) is -0.364. The average molecular weight is 374 g/mol. The SMILES string of the molecule is O=C(Nc1ccc(Cl)cc1F)c1cccnc1SCc1ccncc1. The maximum absolute atomic E-state index is 13.9. The molecule has 0 saturated heterocycles. The van der Waals surface area contributed by atoms with Crippen molar-refractivity contribution in [2.75, 3.05) is 5.32 Å². The number of pyridine rings is 2. The van der Waals surface area contributed by atoms with Crippen LogP contribution in [0.4, 0.5) is 10.1 Å². The molecule has 7 heteroatoms. The predicted octanol–water partition coefficient (Wildman–Crippen LogP) is 4.81. The molecule has 0 unspecified atom stereocenters. The second kappa shape index (κ2) is 8.09. The van der Waals surface area contributed by atoms with Crippen molar-refractivity contribution < 1.29 is 9.18 Å². The molecule has 3 rings (SSSR count).